The van der Waals surface area contributed by atoms with Crippen LogP contribution >= 0.6 is 0 Å². The van der Waals surface area contributed by atoms with Crippen LogP contribution in [0.15, 0.2) is 0 Å². The van der Waals surface area contributed by atoms with Crippen LogP contribution in [0.25, 0.3) is 0 Å². The topological polar surface area (TPSA) is 12.0 Å². The normalized spacial score (nSPS) is 13.7. The van der Waals surface area contributed by atoms with E-state index in [-0.39, 0.29) is 0 Å². The molecule has 0 fully saturated rings. The highest BCUT2D eigenvalue weighted by Crippen LogP contribution is 1.88. The molecule has 1 heteroatoms. The van der Waals surface area contributed by atoms with Gasteiger partial charge >= 0.3 is 0 Å². The van der Waals surface area contributed by atoms with Crippen LogP contribution in [0.4, 0.5) is 0 Å². The fraction of sp³-hybridized carbons (Fsp3) is 0.875. The van der Waals surface area contributed by atoms with E-state index in [4.69, 9.17) is 0 Å². The Morgan fingerprint density at radius 1 is 1.56 bits per heavy atom. The first kappa shape index (κ1) is 8.96. The summed E-state index contributed by atoms with van der Waals surface area (Å²) in [5.41, 5.74) is 0. The van der Waals surface area contributed by atoms with E-state index in [9.17, 15) is 0 Å². The van der Waals surface area contributed by atoms with E-state index >= 15 is 0 Å². The Hall–Kier alpha value is -0.0400. The largest absolute Gasteiger partial charge is 0.314 e. The molecule has 1 radical (unpaired) electrons. The molecule has 1 unspecified atom stereocenters. The van der Waals surface area contributed by atoms with Crippen LogP contribution in [0.2, 0.25) is 0 Å². The molecule has 0 heterocycles. The molecule has 1 nitrogen and oxygen atoms in total. The molecule has 55 valence electrons. The molecule has 0 aliphatic heterocycles. The Labute approximate surface area is 58.8 Å². The molecule has 9 heavy (non-hydrogen) atoms. The van der Waals surface area contributed by atoms with Gasteiger partial charge in [0.2, 0.25) is 0 Å². The van der Waals surface area contributed by atoms with Gasteiger partial charge in [-0.2, -0.15) is 0 Å². The van der Waals surface area contributed by atoms with E-state index in [2.05, 4.69) is 26.1 Å². The monoisotopic (exact) mass is 128 g/mol. The predicted molar refractivity (Wildman–Crippen MR) is 42.3 cm³/mol. The highest BCUT2D eigenvalue weighted by Gasteiger charge is 1.93. The first-order valence-corrected chi connectivity index (χ1v) is 3.83. The molecule has 0 spiro atoms. The van der Waals surface area contributed by atoms with Crippen molar-refractivity contribution in [1.29, 1.82) is 0 Å². The zero-order valence-corrected chi connectivity index (χ0v) is 6.61. The lowest BCUT2D eigenvalue weighted by Gasteiger charge is -2.09. The van der Waals surface area contributed by atoms with Crippen molar-refractivity contribution >= 4 is 0 Å². The van der Waals surface area contributed by atoms with Gasteiger partial charge in [0.1, 0.15) is 0 Å². The predicted octanol–water partition coefficient (Wildman–Crippen LogP) is 1.99. The van der Waals surface area contributed by atoms with Crippen LogP contribution in [-0.2, 0) is 0 Å². The van der Waals surface area contributed by atoms with E-state index in [0.717, 1.165) is 13.0 Å². The molecule has 0 aromatic heterocycles. The molecule has 0 bridgehead atoms. The second kappa shape index (κ2) is 6.09. The van der Waals surface area contributed by atoms with E-state index in [1.807, 2.05) is 0 Å². The molecule has 0 aliphatic rings. The van der Waals surface area contributed by atoms with Crippen molar-refractivity contribution in [2.45, 2.75) is 39.2 Å². The minimum absolute atomic E-state index is 0.594. The number of nitrogens with one attached hydrogen (secondary N) is 1. The first-order chi connectivity index (χ1) is 4.31. The highest BCUT2D eigenvalue weighted by atomic mass is 14.9. The Morgan fingerprint density at radius 2 is 2.22 bits per heavy atom. The minimum Gasteiger partial charge on any atom is -0.314 e. The summed E-state index contributed by atoms with van der Waals surface area (Å²) in [4.78, 5) is 0. The summed E-state index contributed by atoms with van der Waals surface area (Å²) < 4.78 is 0. The zero-order valence-electron chi connectivity index (χ0n) is 6.61. The third kappa shape index (κ3) is 5.84. The molecule has 0 aromatic carbocycles. The summed E-state index contributed by atoms with van der Waals surface area (Å²) in [6.45, 7) is 9.32. The third-order valence-electron chi connectivity index (χ3n) is 1.46. The van der Waals surface area contributed by atoms with E-state index < -0.39 is 0 Å². The summed E-state index contributed by atoms with van der Waals surface area (Å²) in [6, 6.07) is 0.594. The van der Waals surface area contributed by atoms with Crippen molar-refractivity contribution in [2.24, 2.45) is 0 Å². The van der Waals surface area contributed by atoms with Gasteiger partial charge in [-0.15, -0.1) is 0 Å². The Kier molecular flexibility index (Phi) is 6.06. The summed E-state index contributed by atoms with van der Waals surface area (Å²) in [5, 5.41) is 3.37. The number of rotatable bonds is 5. The average Bonchev–Trinajstić information content (AvgIpc) is 1.89. The van der Waals surface area contributed by atoms with Gasteiger partial charge in [-0.3, -0.25) is 0 Å². The van der Waals surface area contributed by atoms with Crippen LogP contribution < -0.4 is 5.32 Å². The molecule has 0 saturated carbocycles. The van der Waals surface area contributed by atoms with Crippen LogP contribution in [0.3, 0.4) is 0 Å². The summed E-state index contributed by atoms with van der Waals surface area (Å²) >= 11 is 0. The van der Waals surface area contributed by atoms with Crippen LogP contribution in [0.5, 0.6) is 0 Å². The molecule has 0 rings (SSSR count). The highest BCUT2D eigenvalue weighted by molar-refractivity contribution is 4.60. The minimum atomic E-state index is 0.594. The molecular weight excluding hydrogens is 110 g/mol. The van der Waals surface area contributed by atoms with E-state index in [0.29, 0.717) is 6.04 Å². The molecule has 0 amide bonds. The fourth-order valence-electron chi connectivity index (χ4n) is 0.627. The maximum Gasteiger partial charge on any atom is 0.00387 e. The van der Waals surface area contributed by atoms with Crippen molar-refractivity contribution in [3.8, 4) is 0 Å². The van der Waals surface area contributed by atoms with E-state index in [1.165, 1.54) is 12.8 Å². The van der Waals surface area contributed by atoms with Gasteiger partial charge in [0.25, 0.3) is 0 Å². The Bertz CT molecular complexity index is 52.5. The SMILES string of the molecule is [CH2]CC(C)NCCCC. The van der Waals surface area contributed by atoms with Gasteiger partial charge < -0.3 is 5.32 Å². The van der Waals surface area contributed by atoms with Crippen molar-refractivity contribution < 1.29 is 0 Å². The van der Waals surface area contributed by atoms with E-state index in [1.54, 1.807) is 0 Å². The maximum absolute atomic E-state index is 3.80. The fourth-order valence-corrected chi connectivity index (χ4v) is 0.627. The van der Waals surface area contributed by atoms with Crippen molar-refractivity contribution in [3.05, 3.63) is 6.92 Å². The lowest BCUT2D eigenvalue weighted by molar-refractivity contribution is 0.537. The molecule has 0 saturated heterocycles. The lowest BCUT2D eigenvalue weighted by Crippen LogP contribution is -2.25. The second-order valence-corrected chi connectivity index (χ2v) is 2.50. The number of hydrogen-bond acceptors (Lipinski definition) is 1. The quantitative estimate of drug-likeness (QED) is 0.558. The number of hydrogen-bond donors (Lipinski definition) is 1. The average molecular weight is 128 g/mol. The summed E-state index contributed by atoms with van der Waals surface area (Å²) in [7, 11) is 0. The molecule has 0 aliphatic carbocycles. The smallest absolute Gasteiger partial charge is 0.00387 e. The van der Waals surface area contributed by atoms with Crippen molar-refractivity contribution in [3.63, 3.8) is 0 Å². The molecular formula is C8H18N. The summed E-state index contributed by atoms with van der Waals surface area (Å²) in [5.74, 6) is 0. The van der Waals surface area contributed by atoms with Crippen molar-refractivity contribution in [2.75, 3.05) is 6.54 Å². The van der Waals surface area contributed by atoms with Gasteiger partial charge in [0.05, 0.1) is 0 Å². The van der Waals surface area contributed by atoms with Gasteiger partial charge in [0.15, 0.2) is 0 Å². The van der Waals surface area contributed by atoms with Crippen LogP contribution in [0, 0.1) is 6.92 Å². The van der Waals surface area contributed by atoms with Crippen molar-refractivity contribution in [1.82, 2.24) is 5.32 Å². The lowest BCUT2D eigenvalue weighted by atomic mass is 10.2. The summed E-state index contributed by atoms with van der Waals surface area (Å²) in [6.07, 6.45) is 3.55. The standard InChI is InChI=1S/C8H18N/c1-4-6-7-9-8(3)5-2/h8-9H,2,4-7H2,1,3H3. The second-order valence-electron chi connectivity index (χ2n) is 2.50. The van der Waals surface area contributed by atoms with Gasteiger partial charge in [0, 0.05) is 6.04 Å². The van der Waals surface area contributed by atoms with Gasteiger partial charge in [-0.1, -0.05) is 20.3 Å². The number of unbranched alkanes of at least 4 members (excludes halogenated alkanes) is 1. The maximum atomic E-state index is 3.80. The zero-order chi connectivity index (χ0) is 7.11. The van der Waals surface area contributed by atoms with Crippen LogP contribution in [-0.4, -0.2) is 12.6 Å². The first-order valence-electron chi connectivity index (χ1n) is 3.83. The Morgan fingerprint density at radius 3 is 2.67 bits per heavy atom. The molecule has 0 aromatic rings. The third-order valence-corrected chi connectivity index (χ3v) is 1.46. The molecule has 1 atom stereocenters. The van der Waals surface area contributed by atoms with Gasteiger partial charge in [-0.25, -0.2) is 0 Å². The Balaban J connectivity index is 2.88. The van der Waals surface area contributed by atoms with Gasteiger partial charge in [-0.05, 0) is 26.3 Å². The van der Waals surface area contributed by atoms with Crippen LogP contribution in [0.1, 0.15) is 33.1 Å². The molecule has 1 N–H and O–H groups in total.